The summed E-state index contributed by atoms with van der Waals surface area (Å²) in [5.41, 5.74) is 3.12. The molecule has 0 spiro atoms. The lowest BCUT2D eigenvalue weighted by molar-refractivity contribution is 0.884. The first-order chi connectivity index (χ1) is 8.97. The summed E-state index contributed by atoms with van der Waals surface area (Å²) in [5.74, 6) is 0. The molecular formula is C15H14Cl3N. The quantitative estimate of drug-likeness (QED) is 0.718. The number of nitrogens with one attached hydrogen (secondary N) is 1. The van der Waals surface area contributed by atoms with Gasteiger partial charge in [0.25, 0.3) is 0 Å². The SMILES string of the molecule is Cc1ccc(C(C)Nc2c(Cl)cc(Cl)cc2Cl)cc1. The molecule has 0 radical (unpaired) electrons. The Bertz CT molecular complexity index is 555. The van der Waals surface area contributed by atoms with Crippen LogP contribution in [0.15, 0.2) is 36.4 Å². The van der Waals surface area contributed by atoms with Crippen LogP contribution < -0.4 is 5.32 Å². The fourth-order valence-electron chi connectivity index (χ4n) is 1.84. The van der Waals surface area contributed by atoms with E-state index in [0.717, 1.165) is 0 Å². The summed E-state index contributed by atoms with van der Waals surface area (Å²) in [5, 5.41) is 4.90. The lowest BCUT2D eigenvalue weighted by Gasteiger charge is -2.18. The van der Waals surface area contributed by atoms with Crippen LogP contribution in [-0.4, -0.2) is 0 Å². The lowest BCUT2D eigenvalue weighted by Crippen LogP contribution is -2.07. The highest BCUT2D eigenvalue weighted by atomic mass is 35.5. The van der Waals surface area contributed by atoms with Crippen molar-refractivity contribution in [2.75, 3.05) is 5.32 Å². The third kappa shape index (κ3) is 3.56. The predicted octanol–water partition coefficient (Wildman–Crippen LogP) is 6.13. The molecule has 1 N–H and O–H groups in total. The number of rotatable bonds is 3. The molecule has 2 aromatic rings. The van der Waals surface area contributed by atoms with Gasteiger partial charge >= 0.3 is 0 Å². The van der Waals surface area contributed by atoms with E-state index < -0.39 is 0 Å². The van der Waals surface area contributed by atoms with Crippen molar-refractivity contribution >= 4 is 40.5 Å². The molecule has 100 valence electrons. The van der Waals surface area contributed by atoms with E-state index in [-0.39, 0.29) is 6.04 Å². The molecule has 0 bridgehead atoms. The van der Waals surface area contributed by atoms with E-state index in [1.54, 1.807) is 12.1 Å². The van der Waals surface area contributed by atoms with Crippen molar-refractivity contribution < 1.29 is 0 Å². The van der Waals surface area contributed by atoms with E-state index >= 15 is 0 Å². The molecule has 0 aliphatic carbocycles. The van der Waals surface area contributed by atoms with Gasteiger partial charge in [0.1, 0.15) is 0 Å². The van der Waals surface area contributed by atoms with Crippen molar-refractivity contribution in [1.29, 1.82) is 0 Å². The Kier molecular flexibility index (Phi) is 4.62. The summed E-state index contributed by atoms with van der Waals surface area (Å²) in [6.45, 7) is 4.13. The molecule has 19 heavy (non-hydrogen) atoms. The van der Waals surface area contributed by atoms with Crippen LogP contribution in [0.4, 0.5) is 5.69 Å². The Balaban J connectivity index is 2.24. The average molecular weight is 315 g/mol. The van der Waals surface area contributed by atoms with Gasteiger partial charge in [0.15, 0.2) is 0 Å². The van der Waals surface area contributed by atoms with E-state index in [2.05, 4.69) is 43.4 Å². The van der Waals surface area contributed by atoms with Crippen molar-refractivity contribution in [3.8, 4) is 0 Å². The van der Waals surface area contributed by atoms with Crippen LogP contribution in [-0.2, 0) is 0 Å². The van der Waals surface area contributed by atoms with E-state index in [0.29, 0.717) is 20.8 Å². The van der Waals surface area contributed by atoms with Gasteiger partial charge in [-0.15, -0.1) is 0 Å². The number of halogens is 3. The van der Waals surface area contributed by atoms with Crippen LogP contribution >= 0.6 is 34.8 Å². The van der Waals surface area contributed by atoms with Crippen LogP contribution in [0.3, 0.4) is 0 Å². The van der Waals surface area contributed by atoms with Crippen LogP contribution in [0.25, 0.3) is 0 Å². The van der Waals surface area contributed by atoms with Gasteiger partial charge in [-0.25, -0.2) is 0 Å². The normalized spacial score (nSPS) is 12.3. The fourth-order valence-corrected chi connectivity index (χ4v) is 2.76. The molecular weight excluding hydrogens is 301 g/mol. The number of hydrogen-bond donors (Lipinski definition) is 1. The molecule has 0 saturated carbocycles. The Labute approximate surface area is 128 Å². The molecule has 0 fully saturated rings. The van der Waals surface area contributed by atoms with E-state index in [4.69, 9.17) is 34.8 Å². The van der Waals surface area contributed by atoms with Crippen molar-refractivity contribution in [3.63, 3.8) is 0 Å². The minimum absolute atomic E-state index is 0.108. The smallest absolute Gasteiger partial charge is 0.0724 e. The maximum Gasteiger partial charge on any atom is 0.0724 e. The van der Waals surface area contributed by atoms with Gasteiger partial charge in [-0.05, 0) is 31.5 Å². The van der Waals surface area contributed by atoms with Crippen LogP contribution in [0.1, 0.15) is 24.1 Å². The third-order valence-corrected chi connectivity index (χ3v) is 3.76. The molecule has 2 rings (SSSR count). The second kappa shape index (κ2) is 6.04. The summed E-state index contributed by atoms with van der Waals surface area (Å²) in [7, 11) is 0. The minimum atomic E-state index is 0.108. The fraction of sp³-hybridized carbons (Fsp3) is 0.200. The molecule has 0 amide bonds. The highest BCUT2D eigenvalue weighted by Gasteiger charge is 2.11. The second-order valence-electron chi connectivity index (χ2n) is 4.52. The summed E-state index contributed by atoms with van der Waals surface area (Å²) < 4.78 is 0. The first-order valence-corrected chi connectivity index (χ1v) is 7.08. The van der Waals surface area contributed by atoms with Gasteiger partial charge in [-0.2, -0.15) is 0 Å². The zero-order chi connectivity index (χ0) is 14.0. The third-order valence-electron chi connectivity index (χ3n) is 2.95. The van der Waals surface area contributed by atoms with Gasteiger partial charge in [0.05, 0.1) is 15.7 Å². The van der Waals surface area contributed by atoms with Gasteiger partial charge in [-0.3, -0.25) is 0 Å². The topological polar surface area (TPSA) is 12.0 Å². The molecule has 1 atom stereocenters. The maximum atomic E-state index is 6.16. The standard InChI is InChI=1S/C15H14Cl3N/c1-9-3-5-11(6-4-9)10(2)19-15-13(17)7-12(16)8-14(15)18/h3-8,10,19H,1-2H3. The van der Waals surface area contributed by atoms with Crippen molar-refractivity contribution in [2.45, 2.75) is 19.9 Å². The molecule has 0 aromatic heterocycles. The monoisotopic (exact) mass is 313 g/mol. The van der Waals surface area contributed by atoms with E-state index in [1.165, 1.54) is 11.1 Å². The van der Waals surface area contributed by atoms with Crippen molar-refractivity contribution in [3.05, 3.63) is 62.6 Å². The summed E-state index contributed by atoms with van der Waals surface area (Å²) in [4.78, 5) is 0. The molecule has 1 nitrogen and oxygen atoms in total. The van der Waals surface area contributed by atoms with E-state index in [1.807, 2.05) is 0 Å². The Hall–Kier alpha value is -0.890. The largest absolute Gasteiger partial charge is 0.376 e. The predicted molar refractivity (Wildman–Crippen MR) is 84.7 cm³/mol. The number of benzene rings is 2. The molecule has 0 aliphatic heterocycles. The number of hydrogen-bond acceptors (Lipinski definition) is 1. The Morgan fingerprint density at radius 2 is 1.47 bits per heavy atom. The lowest BCUT2D eigenvalue weighted by atomic mass is 10.1. The summed E-state index contributed by atoms with van der Waals surface area (Å²) in [6.07, 6.45) is 0. The summed E-state index contributed by atoms with van der Waals surface area (Å²) in [6, 6.07) is 11.8. The zero-order valence-electron chi connectivity index (χ0n) is 10.7. The van der Waals surface area contributed by atoms with Crippen molar-refractivity contribution in [1.82, 2.24) is 0 Å². The van der Waals surface area contributed by atoms with Gasteiger partial charge in [0.2, 0.25) is 0 Å². The molecule has 1 unspecified atom stereocenters. The van der Waals surface area contributed by atoms with Crippen molar-refractivity contribution in [2.24, 2.45) is 0 Å². The molecule has 4 heteroatoms. The van der Waals surface area contributed by atoms with Crippen LogP contribution in [0, 0.1) is 6.92 Å². The van der Waals surface area contributed by atoms with Crippen LogP contribution in [0.2, 0.25) is 15.1 Å². The number of aryl methyl sites for hydroxylation is 1. The van der Waals surface area contributed by atoms with Gasteiger partial charge in [-0.1, -0.05) is 64.6 Å². The number of anilines is 1. The highest BCUT2D eigenvalue weighted by molar-refractivity contribution is 6.41. The Morgan fingerprint density at radius 1 is 0.947 bits per heavy atom. The zero-order valence-corrected chi connectivity index (χ0v) is 12.9. The van der Waals surface area contributed by atoms with Crippen LogP contribution in [0.5, 0.6) is 0 Å². The van der Waals surface area contributed by atoms with Gasteiger partial charge < -0.3 is 5.32 Å². The molecule has 0 saturated heterocycles. The highest BCUT2D eigenvalue weighted by Crippen LogP contribution is 2.35. The second-order valence-corrected chi connectivity index (χ2v) is 5.77. The first-order valence-electron chi connectivity index (χ1n) is 5.95. The average Bonchev–Trinajstić information content (AvgIpc) is 2.34. The summed E-state index contributed by atoms with van der Waals surface area (Å²) >= 11 is 18.2. The Morgan fingerprint density at radius 3 is 2.00 bits per heavy atom. The first kappa shape index (κ1) is 14.5. The molecule has 0 heterocycles. The van der Waals surface area contributed by atoms with Gasteiger partial charge in [0, 0.05) is 11.1 Å². The minimum Gasteiger partial charge on any atom is -0.376 e. The molecule has 0 aliphatic rings. The maximum absolute atomic E-state index is 6.16. The molecule has 2 aromatic carbocycles. The van der Waals surface area contributed by atoms with E-state index in [9.17, 15) is 0 Å².